The van der Waals surface area contributed by atoms with E-state index in [0.29, 0.717) is 12.4 Å². The molecule has 31 heavy (non-hydrogen) atoms. The van der Waals surface area contributed by atoms with Crippen molar-refractivity contribution in [3.63, 3.8) is 0 Å². The molecule has 0 unspecified atom stereocenters. The van der Waals surface area contributed by atoms with E-state index in [2.05, 4.69) is 9.97 Å². The lowest BCUT2D eigenvalue weighted by molar-refractivity contribution is 0.285. The molecule has 0 atom stereocenters. The molecule has 2 heterocycles. The molecule has 3 aromatic carbocycles. The highest BCUT2D eigenvalue weighted by Crippen LogP contribution is 2.32. The van der Waals surface area contributed by atoms with Crippen LogP contribution in [0.3, 0.4) is 0 Å². The SMILES string of the molecule is COc1cc2[nH]ccc2cc1O.COc1cc2[nH]ccc2cc1OCc1ccccc1. The van der Waals surface area contributed by atoms with Gasteiger partial charge in [-0.05, 0) is 29.8 Å². The molecule has 0 spiro atoms. The van der Waals surface area contributed by atoms with Crippen LogP contribution in [0.4, 0.5) is 0 Å². The van der Waals surface area contributed by atoms with Crippen molar-refractivity contribution in [1.82, 2.24) is 9.97 Å². The van der Waals surface area contributed by atoms with Crippen LogP contribution in [0.1, 0.15) is 5.56 Å². The minimum atomic E-state index is 0.171. The van der Waals surface area contributed by atoms with Crippen LogP contribution in [-0.4, -0.2) is 29.3 Å². The fraction of sp³-hybridized carbons (Fsp3) is 0.120. The van der Waals surface area contributed by atoms with Crippen molar-refractivity contribution < 1.29 is 19.3 Å². The molecule has 0 amide bonds. The predicted octanol–water partition coefficient (Wildman–Crippen LogP) is 5.64. The third kappa shape index (κ3) is 4.59. The Morgan fingerprint density at radius 2 is 1.32 bits per heavy atom. The summed E-state index contributed by atoms with van der Waals surface area (Å²) in [7, 11) is 3.18. The third-order valence-corrected chi connectivity index (χ3v) is 4.93. The van der Waals surface area contributed by atoms with Gasteiger partial charge in [-0.15, -0.1) is 0 Å². The maximum atomic E-state index is 9.39. The number of benzene rings is 3. The molecule has 0 aliphatic rings. The summed E-state index contributed by atoms with van der Waals surface area (Å²) >= 11 is 0. The molecule has 0 saturated carbocycles. The number of aromatic hydroxyl groups is 1. The molecule has 0 aliphatic heterocycles. The van der Waals surface area contributed by atoms with Crippen LogP contribution in [0.5, 0.6) is 23.0 Å². The second-order valence-electron chi connectivity index (χ2n) is 6.93. The van der Waals surface area contributed by atoms with Crippen molar-refractivity contribution in [2.75, 3.05) is 14.2 Å². The van der Waals surface area contributed by atoms with Gasteiger partial charge in [-0.2, -0.15) is 0 Å². The summed E-state index contributed by atoms with van der Waals surface area (Å²) in [6.45, 7) is 0.535. The number of nitrogens with one attached hydrogen (secondary N) is 2. The predicted molar refractivity (Wildman–Crippen MR) is 122 cm³/mol. The van der Waals surface area contributed by atoms with Crippen LogP contribution in [0.25, 0.3) is 21.8 Å². The Bertz CT molecular complexity index is 1270. The lowest BCUT2D eigenvalue weighted by Gasteiger charge is -2.11. The second kappa shape index (κ2) is 9.17. The van der Waals surface area contributed by atoms with Gasteiger partial charge in [0, 0.05) is 46.3 Å². The molecule has 0 bridgehead atoms. The van der Waals surface area contributed by atoms with E-state index in [9.17, 15) is 5.11 Å². The molecule has 3 N–H and O–H groups in total. The van der Waals surface area contributed by atoms with E-state index < -0.39 is 0 Å². The van der Waals surface area contributed by atoms with Gasteiger partial charge in [0.1, 0.15) is 6.61 Å². The van der Waals surface area contributed by atoms with E-state index in [4.69, 9.17) is 14.2 Å². The molecule has 6 heteroatoms. The largest absolute Gasteiger partial charge is 0.504 e. The quantitative estimate of drug-likeness (QED) is 0.347. The minimum Gasteiger partial charge on any atom is -0.504 e. The summed E-state index contributed by atoms with van der Waals surface area (Å²) < 4.78 is 16.2. The number of phenolic OH excluding ortho intramolecular Hbond substituents is 1. The van der Waals surface area contributed by atoms with Gasteiger partial charge in [-0.3, -0.25) is 0 Å². The molecular weight excluding hydrogens is 392 g/mol. The Hall–Kier alpha value is -4.06. The Kier molecular flexibility index (Phi) is 5.98. The van der Waals surface area contributed by atoms with Crippen LogP contribution in [0.15, 0.2) is 79.1 Å². The Labute approximate surface area is 180 Å². The van der Waals surface area contributed by atoms with Crippen LogP contribution in [-0.2, 0) is 6.61 Å². The Balaban J connectivity index is 0.000000166. The highest BCUT2D eigenvalue weighted by Gasteiger charge is 2.08. The van der Waals surface area contributed by atoms with Gasteiger partial charge in [0.15, 0.2) is 23.0 Å². The van der Waals surface area contributed by atoms with Crippen LogP contribution in [0.2, 0.25) is 0 Å². The number of aromatic amines is 2. The fourth-order valence-electron chi connectivity index (χ4n) is 3.30. The molecule has 5 aromatic rings. The zero-order chi connectivity index (χ0) is 21.6. The van der Waals surface area contributed by atoms with Gasteiger partial charge in [-0.25, -0.2) is 0 Å². The molecule has 5 rings (SSSR count). The Morgan fingerprint density at radius 3 is 1.97 bits per heavy atom. The fourth-order valence-corrected chi connectivity index (χ4v) is 3.30. The zero-order valence-electron chi connectivity index (χ0n) is 17.4. The van der Waals surface area contributed by atoms with Gasteiger partial charge in [0.2, 0.25) is 0 Å². The van der Waals surface area contributed by atoms with Crippen LogP contribution < -0.4 is 14.2 Å². The average Bonchev–Trinajstić information content (AvgIpc) is 3.45. The number of fused-ring (bicyclic) bond motifs is 2. The van der Waals surface area contributed by atoms with Crippen molar-refractivity contribution in [2.24, 2.45) is 0 Å². The van der Waals surface area contributed by atoms with Crippen molar-refractivity contribution >= 4 is 21.8 Å². The van der Waals surface area contributed by atoms with Crippen molar-refractivity contribution in [2.45, 2.75) is 6.61 Å². The van der Waals surface area contributed by atoms with E-state index in [0.717, 1.165) is 38.9 Å². The number of rotatable bonds is 5. The third-order valence-electron chi connectivity index (χ3n) is 4.93. The molecule has 0 fully saturated rings. The first kappa shape index (κ1) is 20.2. The first-order chi connectivity index (χ1) is 15.2. The van der Waals surface area contributed by atoms with Crippen LogP contribution in [0, 0.1) is 0 Å². The number of H-pyrrole nitrogens is 2. The summed E-state index contributed by atoms with van der Waals surface area (Å²) in [5, 5.41) is 11.5. The zero-order valence-corrected chi connectivity index (χ0v) is 17.4. The molecule has 0 saturated heterocycles. The van der Waals surface area contributed by atoms with Crippen molar-refractivity contribution in [3.8, 4) is 23.0 Å². The maximum absolute atomic E-state index is 9.39. The molecular formula is C25H24N2O4. The summed E-state index contributed by atoms with van der Waals surface area (Å²) in [5.41, 5.74) is 3.15. The summed E-state index contributed by atoms with van der Waals surface area (Å²) in [6.07, 6.45) is 3.73. The topological polar surface area (TPSA) is 79.5 Å². The van der Waals surface area contributed by atoms with Gasteiger partial charge in [0.25, 0.3) is 0 Å². The number of methoxy groups -OCH3 is 2. The summed E-state index contributed by atoms with van der Waals surface area (Å²) in [5.74, 6) is 2.17. The number of ether oxygens (including phenoxy) is 3. The highest BCUT2D eigenvalue weighted by molar-refractivity contribution is 5.83. The molecule has 6 nitrogen and oxygen atoms in total. The molecule has 0 radical (unpaired) electrons. The van der Waals surface area contributed by atoms with Gasteiger partial charge in [0.05, 0.1) is 14.2 Å². The lowest BCUT2D eigenvalue weighted by atomic mass is 10.2. The smallest absolute Gasteiger partial charge is 0.162 e. The second-order valence-corrected chi connectivity index (χ2v) is 6.93. The molecule has 158 valence electrons. The normalized spacial score (nSPS) is 10.5. The van der Waals surface area contributed by atoms with Gasteiger partial charge < -0.3 is 29.3 Å². The standard InChI is InChI=1S/C16H15NO2.C9H9NO2/c1-18-15-10-14-13(7-8-17-14)9-16(15)19-11-12-5-3-2-4-6-12;1-12-9-5-7-6(2-3-10-7)4-8(9)11/h2-10,17H,11H2,1H3;2-5,10-11H,1H3. The van der Waals surface area contributed by atoms with E-state index in [-0.39, 0.29) is 5.75 Å². The van der Waals surface area contributed by atoms with E-state index in [1.54, 1.807) is 19.2 Å². The monoisotopic (exact) mass is 416 g/mol. The first-order valence-electron chi connectivity index (χ1n) is 9.84. The lowest BCUT2D eigenvalue weighted by Crippen LogP contribution is -1.97. The number of aromatic nitrogens is 2. The van der Waals surface area contributed by atoms with E-state index >= 15 is 0 Å². The van der Waals surface area contributed by atoms with E-state index in [1.165, 1.54) is 7.11 Å². The van der Waals surface area contributed by atoms with Gasteiger partial charge in [-0.1, -0.05) is 30.3 Å². The number of phenols is 1. The maximum Gasteiger partial charge on any atom is 0.162 e. The average molecular weight is 416 g/mol. The minimum absolute atomic E-state index is 0.171. The summed E-state index contributed by atoms with van der Waals surface area (Å²) in [4.78, 5) is 6.19. The molecule has 2 aromatic heterocycles. The highest BCUT2D eigenvalue weighted by atomic mass is 16.5. The molecule has 0 aliphatic carbocycles. The van der Waals surface area contributed by atoms with Gasteiger partial charge >= 0.3 is 0 Å². The van der Waals surface area contributed by atoms with Crippen molar-refractivity contribution in [3.05, 3.63) is 84.7 Å². The van der Waals surface area contributed by atoms with E-state index in [1.807, 2.05) is 67.0 Å². The summed E-state index contributed by atoms with van der Waals surface area (Å²) in [6, 6.07) is 21.4. The van der Waals surface area contributed by atoms with Crippen molar-refractivity contribution in [1.29, 1.82) is 0 Å². The Morgan fingerprint density at radius 1 is 0.710 bits per heavy atom. The van der Waals surface area contributed by atoms with Crippen LogP contribution >= 0.6 is 0 Å². The number of hydrogen-bond acceptors (Lipinski definition) is 4. The first-order valence-corrected chi connectivity index (χ1v) is 9.84. The number of hydrogen-bond donors (Lipinski definition) is 3.